The van der Waals surface area contributed by atoms with Gasteiger partial charge < -0.3 is 14.6 Å². The largest absolute Gasteiger partial charge is 0.452 e. The summed E-state index contributed by atoms with van der Waals surface area (Å²) in [4.78, 5) is 24.1. The van der Waals surface area contributed by atoms with Crippen molar-refractivity contribution in [1.82, 2.24) is 9.88 Å². The quantitative estimate of drug-likeness (QED) is 0.786. The van der Waals surface area contributed by atoms with Gasteiger partial charge in [-0.05, 0) is 38.8 Å². The average molecular weight is 342 g/mol. The first-order valence-electron chi connectivity index (χ1n) is 8.59. The Hall–Kier alpha value is -2.56. The number of nitrogens with zero attached hydrogens (tertiary/aromatic N) is 1. The van der Waals surface area contributed by atoms with Crippen LogP contribution in [0.25, 0.3) is 0 Å². The summed E-state index contributed by atoms with van der Waals surface area (Å²) in [6, 6.07) is 12.0. The monoisotopic (exact) mass is 342 g/mol. The van der Waals surface area contributed by atoms with Gasteiger partial charge in [-0.3, -0.25) is 4.79 Å². The standard InChI is InChI=1S/C20H26N2O3/c1-5-14(2)21-19(23)13-25-20(24)18-11-15(3)22(16(18)4)12-17-9-7-6-8-10-17/h6-11,14H,5,12-13H2,1-4H3,(H,21,23). The van der Waals surface area contributed by atoms with Crippen molar-refractivity contribution in [3.05, 3.63) is 58.9 Å². The number of carbonyl (C=O) groups excluding carboxylic acids is 2. The van der Waals surface area contributed by atoms with Crippen LogP contribution in [0.1, 0.15) is 47.6 Å². The number of amides is 1. The molecule has 25 heavy (non-hydrogen) atoms. The number of ether oxygens (including phenoxy) is 1. The van der Waals surface area contributed by atoms with E-state index in [1.807, 2.05) is 52.0 Å². The second-order valence-corrected chi connectivity index (χ2v) is 6.31. The predicted molar refractivity (Wildman–Crippen MR) is 97.6 cm³/mol. The number of aromatic nitrogens is 1. The van der Waals surface area contributed by atoms with E-state index in [-0.39, 0.29) is 18.6 Å². The molecule has 5 heteroatoms. The molecule has 0 radical (unpaired) electrons. The van der Waals surface area contributed by atoms with Crippen LogP contribution in [0, 0.1) is 13.8 Å². The molecule has 0 saturated heterocycles. The first-order chi connectivity index (χ1) is 11.9. The maximum absolute atomic E-state index is 12.3. The molecule has 0 aliphatic heterocycles. The van der Waals surface area contributed by atoms with Gasteiger partial charge in [-0.25, -0.2) is 4.79 Å². The molecule has 1 amide bonds. The maximum Gasteiger partial charge on any atom is 0.340 e. The molecule has 0 saturated carbocycles. The van der Waals surface area contributed by atoms with Gasteiger partial charge in [0.25, 0.3) is 5.91 Å². The van der Waals surface area contributed by atoms with Gasteiger partial charge in [-0.15, -0.1) is 0 Å². The van der Waals surface area contributed by atoms with E-state index in [1.165, 1.54) is 0 Å². The summed E-state index contributed by atoms with van der Waals surface area (Å²) >= 11 is 0. The fourth-order valence-electron chi connectivity index (χ4n) is 2.64. The third kappa shape index (κ3) is 4.95. The molecule has 1 heterocycles. The van der Waals surface area contributed by atoms with Crippen molar-refractivity contribution < 1.29 is 14.3 Å². The van der Waals surface area contributed by atoms with Crippen LogP contribution in [0.5, 0.6) is 0 Å². The van der Waals surface area contributed by atoms with Crippen LogP contribution >= 0.6 is 0 Å². The van der Waals surface area contributed by atoms with Crippen molar-refractivity contribution in [1.29, 1.82) is 0 Å². The number of hydrogen-bond acceptors (Lipinski definition) is 3. The lowest BCUT2D eigenvalue weighted by Crippen LogP contribution is -2.35. The van der Waals surface area contributed by atoms with Crippen LogP contribution in [0.2, 0.25) is 0 Å². The summed E-state index contributed by atoms with van der Waals surface area (Å²) in [5.74, 6) is -0.743. The highest BCUT2D eigenvalue weighted by Gasteiger charge is 2.18. The minimum absolute atomic E-state index is 0.0714. The van der Waals surface area contributed by atoms with E-state index in [2.05, 4.69) is 22.0 Å². The highest BCUT2D eigenvalue weighted by molar-refractivity contribution is 5.92. The Kier molecular flexibility index (Phi) is 6.39. The van der Waals surface area contributed by atoms with Gasteiger partial charge in [0.15, 0.2) is 6.61 Å². The molecule has 0 spiro atoms. The Balaban J connectivity index is 2.03. The minimum Gasteiger partial charge on any atom is -0.452 e. The lowest BCUT2D eigenvalue weighted by Gasteiger charge is -2.12. The zero-order valence-corrected chi connectivity index (χ0v) is 15.3. The number of benzene rings is 1. The van der Waals surface area contributed by atoms with Crippen molar-refractivity contribution in [2.24, 2.45) is 0 Å². The van der Waals surface area contributed by atoms with Crippen LogP contribution < -0.4 is 5.32 Å². The van der Waals surface area contributed by atoms with Crippen molar-refractivity contribution >= 4 is 11.9 Å². The zero-order chi connectivity index (χ0) is 18.4. The van der Waals surface area contributed by atoms with E-state index < -0.39 is 5.97 Å². The molecular weight excluding hydrogens is 316 g/mol. The molecule has 2 rings (SSSR count). The normalized spacial score (nSPS) is 11.8. The Morgan fingerprint density at radius 3 is 2.52 bits per heavy atom. The van der Waals surface area contributed by atoms with Gasteiger partial charge in [0, 0.05) is 24.0 Å². The molecule has 1 aromatic carbocycles. The summed E-state index contributed by atoms with van der Waals surface area (Å²) in [6.07, 6.45) is 0.834. The second kappa shape index (κ2) is 8.51. The van der Waals surface area contributed by atoms with Crippen LogP contribution in [0.4, 0.5) is 0 Å². The number of hydrogen-bond donors (Lipinski definition) is 1. The summed E-state index contributed by atoms with van der Waals surface area (Å²) < 4.78 is 7.24. The SMILES string of the molecule is CCC(C)NC(=O)COC(=O)c1cc(C)n(Cc2ccccc2)c1C. The average Bonchev–Trinajstić information content (AvgIpc) is 2.88. The van der Waals surface area contributed by atoms with Crippen molar-refractivity contribution in [2.45, 2.75) is 46.7 Å². The smallest absolute Gasteiger partial charge is 0.340 e. The van der Waals surface area contributed by atoms with Crippen LogP contribution in [-0.4, -0.2) is 29.1 Å². The molecule has 1 aromatic heterocycles. The minimum atomic E-state index is -0.466. The first-order valence-corrected chi connectivity index (χ1v) is 8.59. The zero-order valence-electron chi connectivity index (χ0n) is 15.3. The maximum atomic E-state index is 12.3. The number of carbonyl (C=O) groups is 2. The molecule has 0 aliphatic carbocycles. The third-order valence-corrected chi connectivity index (χ3v) is 4.33. The molecule has 2 aromatic rings. The predicted octanol–water partition coefficient (Wildman–Crippen LogP) is 3.22. The summed E-state index contributed by atoms with van der Waals surface area (Å²) in [7, 11) is 0. The molecular formula is C20H26N2O3. The van der Waals surface area contributed by atoms with E-state index in [0.29, 0.717) is 12.1 Å². The van der Waals surface area contributed by atoms with E-state index in [0.717, 1.165) is 23.4 Å². The Labute approximate surface area is 149 Å². The summed E-state index contributed by atoms with van der Waals surface area (Å²) in [5, 5.41) is 2.78. The molecule has 1 atom stereocenters. The molecule has 0 fully saturated rings. The van der Waals surface area contributed by atoms with Gasteiger partial charge in [0.1, 0.15) is 0 Å². The van der Waals surface area contributed by atoms with Crippen molar-refractivity contribution in [3.63, 3.8) is 0 Å². The lowest BCUT2D eigenvalue weighted by molar-refractivity contribution is -0.124. The van der Waals surface area contributed by atoms with E-state index in [9.17, 15) is 9.59 Å². The highest BCUT2D eigenvalue weighted by Crippen LogP contribution is 2.18. The van der Waals surface area contributed by atoms with E-state index in [1.54, 1.807) is 0 Å². The van der Waals surface area contributed by atoms with Crippen LogP contribution in [-0.2, 0) is 16.1 Å². The molecule has 0 aliphatic rings. The Morgan fingerprint density at radius 2 is 1.88 bits per heavy atom. The van der Waals surface area contributed by atoms with Crippen LogP contribution in [0.15, 0.2) is 36.4 Å². The van der Waals surface area contributed by atoms with Gasteiger partial charge in [0.2, 0.25) is 0 Å². The number of nitrogens with one attached hydrogen (secondary N) is 1. The molecule has 1 N–H and O–H groups in total. The second-order valence-electron chi connectivity index (χ2n) is 6.31. The van der Waals surface area contributed by atoms with E-state index >= 15 is 0 Å². The van der Waals surface area contributed by atoms with Gasteiger partial charge in [-0.1, -0.05) is 37.3 Å². The highest BCUT2D eigenvalue weighted by atomic mass is 16.5. The van der Waals surface area contributed by atoms with Gasteiger partial charge in [0.05, 0.1) is 5.56 Å². The molecule has 5 nitrogen and oxygen atoms in total. The van der Waals surface area contributed by atoms with E-state index in [4.69, 9.17) is 4.74 Å². The third-order valence-electron chi connectivity index (χ3n) is 4.33. The lowest BCUT2D eigenvalue weighted by atomic mass is 10.2. The van der Waals surface area contributed by atoms with Crippen molar-refractivity contribution in [2.75, 3.05) is 6.61 Å². The molecule has 1 unspecified atom stereocenters. The summed E-state index contributed by atoms with van der Waals surface area (Å²) in [6.45, 7) is 8.19. The van der Waals surface area contributed by atoms with Gasteiger partial charge in [-0.2, -0.15) is 0 Å². The Bertz CT molecular complexity index is 735. The van der Waals surface area contributed by atoms with Gasteiger partial charge >= 0.3 is 5.97 Å². The fourth-order valence-corrected chi connectivity index (χ4v) is 2.64. The fraction of sp³-hybridized carbons (Fsp3) is 0.400. The number of rotatable bonds is 7. The molecule has 134 valence electrons. The molecule has 0 bridgehead atoms. The number of aryl methyl sites for hydroxylation is 1. The number of esters is 1. The Morgan fingerprint density at radius 1 is 1.20 bits per heavy atom. The van der Waals surface area contributed by atoms with Crippen molar-refractivity contribution in [3.8, 4) is 0 Å². The van der Waals surface area contributed by atoms with Crippen LogP contribution in [0.3, 0.4) is 0 Å². The topological polar surface area (TPSA) is 60.3 Å². The summed E-state index contributed by atoms with van der Waals surface area (Å²) in [5.41, 5.74) is 3.49. The first kappa shape index (κ1) is 18.8.